The smallest absolute Gasteiger partial charge is 0.258 e. The summed E-state index contributed by atoms with van der Waals surface area (Å²) in [5.74, 6) is 0.175. The number of likely N-dealkylation sites (tertiary alicyclic amines) is 1. The Kier molecular flexibility index (Phi) is 5.16. The van der Waals surface area contributed by atoms with Gasteiger partial charge in [-0.3, -0.25) is 9.20 Å². The molecule has 1 aliphatic rings. The quantitative estimate of drug-likeness (QED) is 0.468. The van der Waals surface area contributed by atoms with Gasteiger partial charge in [0.05, 0.1) is 6.26 Å². The van der Waals surface area contributed by atoms with Crippen molar-refractivity contribution >= 4 is 27.3 Å². The van der Waals surface area contributed by atoms with Crippen molar-refractivity contribution in [3.05, 3.63) is 69.0 Å². The Morgan fingerprint density at radius 2 is 2.10 bits per heavy atom. The maximum Gasteiger partial charge on any atom is 0.258 e. The highest BCUT2D eigenvalue weighted by molar-refractivity contribution is 7.15. The summed E-state index contributed by atoms with van der Waals surface area (Å²) in [7, 11) is 0. The molecule has 1 saturated heterocycles. The lowest BCUT2D eigenvalue weighted by Crippen LogP contribution is -2.34. The highest BCUT2D eigenvalue weighted by Gasteiger charge is 2.24. The third-order valence-electron chi connectivity index (χ3n) is 6.17. The second-order valence-corrected chi connectivity index (χ2v) is 8.82. The number of fused-ring (bicyclic) bond motifs is 2. The van der Waals surface area contributed by atoms with Gasteiger partial charge in [-0.2, -0.15) is 0 Å². The fourth-order valence-electron chi connectivity index (χ4n) is 4.45. The minimum absolute atomic E-state index is 0.0232. The number of benzene rings is 1. The van der Waals surface area contributed by atoms with Crippen LogP contribution in [0.15, 0.2) is 45.1 Å². The fourth-order valence-corrected chi connectivity index (χ4v) is 5.40. The lowest BCUT2D eigenvalue weighted by molar-refractivity contribution is 0.214. The number of rotatable bonds is 5. The Balaban J connectivity index is 1.24. The largest absolute Gasteiger partial charge is 0.464 e. The topological polar surface area (TPSA) is 50.8 Å². The molecule has 4 aromatic rings. The van der Waals surface area contributed by atoms with Crippen LogP contribution in [0.2, 0.25) is 0 Å². The molecule has 4 heterocycles. The first kappa shape index (κ1) is 19.5. The standard InChI is InChI=1S/C23H24FN3O2S/c1-2-17-12-22(28)27-18(14-30-23(27)25-17)7-10-26-8-5-15(6-9-26)20-13-29-21-11-16(24)3-4-19(20)21/h3-4,11-15H,2,5-10H2,1H3. The number of nitrogens with zero attached hydrogens (tertiary/aromatic N) is 3. The summed E-state index contributed by atoms with van der Waals surface area (Å²) in [4.78, 5) is 20.3. The van der Waals surface area contributed by atoms with Gasteiger partial charge < -0.3 is 9.32 Å². The van der Waals surface area contributed by atoms with E-state index < -0.39 is 0 Å². The SMILES string of the molecule is CCc1cc(=O)n2c(CCN3CCC(c4coc5cc(F)ccc45)CC3)csc2n1. The summed E-state index contributed by atoms with van der Waals surface area (Å²) in [6.07, 6.45) is 5.52. The molecule has 3 aromatic heterocycles. The third-order valence-corrected chi connectivity index (χ3v) is 7.04. The van der Waals surface area contributed by atoms with E-state index in [4.69, 9.17) is 4.42 Å². The number of halogens is 1. The van der Waals surface area contributed by atoms with E-state index in [1.165, 1.54) is 17.7 Å². The summed E-state index contributed by atoms with van der Waals surface area (Å²) in [5.41, 5.74) is 3.74. The van der Waals surface area contributed by atoms with Crippen LogP contribution in [0.3, 0.4) is 0 Å². The van der Waals surface area contributed by atoms with Crippen LogP contribution in [0.1, 0.15) is 42.6 Å². The Morgan fingerprint density at radius 3 is 2.90 bits per heavy atom. The van der Waals surface area contributed by atoms with Gasteiger partial charge in [-0.1, -0.05) is 6.92 Å². The van der Waals surface area contributed by atoms with E-state index in [1.807, 2.05) is 13.0 Å². The number of hydrogen-bond donors (Lipinski definition) is 0. The lowest BCUT2D eigenvalue weighted by atomic mass is 9.89. The van der Waals surface area contributed by atoms with Crippen LogP contribution in [0.5, 0.6) is 0 Å². The summed E-state index contributed by atoms with van der Waals surface area (Å²) < 4.78 is 20.8. The molecule has 156 valence electrons. The first-order valence-electron chi connectivity index (χ1n) is 10.5. The third kappa shape index (κ3) is 3.56. The van der Waals surface area contributed by atoms with Crippen molar-refractivity contribution in [3.8, 4) is 0 Å². The molecule has 0 N–H and O–H groups in total. The molecule has 0 radical (unpaired) electrons. The highest BCUT2D eigenvalue weighted by Crippen LogP contribution is 2.34. The average Bonchev–Trinajstić information content (AvgIpc) is 3.36. The number of hydrogen-bond acceptors (Lipinski definition) is 5. The van der Waals surface area contributed by atoms with Crippen molar-refractivity contribution in [2.24, 2.45) is 0 Å². The first-order valence-corrected chi connectivity index (χ1v) is 11.4. The number of thiazole rings is 1. The molecule has 1 fully saturated rings. The summed E-state index contributed by atoms with van der Waals surface area (Å²) in [5, 5.41) is 3.09. The summed E-state index contributed by atoms with van der Waals surface area (Å²) in [6.45, 7) is 4.96. The average molecular weight is 426 g/mol. The van der Waals surface area contributed by atoms with Gasteiger partial charge in [0.2, 0.25) is 0 Å². The monoisotopic (exact) mass is 425 g/mol. The maximum absolute atomic E-state index is 13.4. The fraction of sp³-hybridized carbons (Fsp3) is 0.391. The van der Waals surface area contributed by atoms with Crippen molar-refractivity contribution in [1.82, 2.24) is 14.3 Å². The highest BCUT2D eigenvalue weighted by atomic mass is 32.1. The van der Waals surface area contributed by atoms with Crippen molar-refractivity contribution < 1.29 is 8.81 Å². The van der Waals surface area contributed by atoms with E-state index in [0.29, 0.717) is 11.5 Å². The normalized spacial score (nSPS) is 16.1. The Bertz CT molecular complexity index is 1250. The molecule has 1 aromatic carbocycles. The van der Waals surface area contributed by atoms with Crippen LogP contribution >= 0.6 is 11.3 Å². The Hall–Kier alpha value is -2.51. The molecule has 0 atom stereocenters. The Labute approximate surface area is 177 Å². The van der Waals surface area contributed by atoms with E-state index in [9.17, 15) is 9.18 Å². The first-order chi connectivity index (χ1) is 14.6. The van der Waals surface area contributed by atoms with Gasteiger partial charge in [0, 0.05) is 52.8 Å². The van der Waals surface area contributed by atoms with Gasteiger partial charge in [-0.05, 0) is 50.4 Å². The minimum Gasteiger partial charge on any atom is -0.464 e. The molecule has 0 unspecified atom stereocenters. The molecule has 7 heteroatoms. The second kappa shape index (κ2) is 7.96. The molecular formula is C23H24FN3O2S. The molecule has 1 aliphatic heterocycles. The molecule has 5 rings (SSSR count). The number of aromatic nitrogens is 2. The van der Waals surface area contributed by atoms with Crippen molar-refractivity contribution in [1.29, 1.82) is 0 Å². The predicted octanol–water partition coefficient (Wildman–Crippen LogP) is 4.63. The second-order valence-electron chi connectivity index (χ2n) is 7.98. The van der Waals surface area contributed by atoms with E-state index in [0.717, 1.165) is 67.1 Å². The van der Waals surface area contributed by atoms with Crippen LogP contribution in [0.25, 0.3) is 15.9 Å². The van der Waals surface area contributed by atoms with Crippen molar-refractivity contribution in [2.45, 2.75) is 38.5 Å². The molecule has 0 spiro atoms. The van der Waals surface area contributed by atoms with Crippen molar-refractivity contribution in [2.75, 3.05) is 19.6 Å². The molecule has 30 heavy (non-hydrogen) atoms. The molecule has 0 amide bonds. The molecular weight excluding hydrogens is 401 g/mol. The number of piperidine rings is 1. The molecule has 0 aliphatic carbocycles. The Morgan fingerprint density at radius 1 is 1.27 bits per heavy atom. The van der Waals surface area contributed by atoms with E-state index in [-0.39, 0.29) is 11.4 Å². The van der Waals surface area contributed by atoms with Crippen LogP contribution in [-0.4, -0.2) is 33.9 Å². The number of furan rings is 1. The lowest BCUT2D eigenvalue weighted by Gasteiger charge is -2.31. The summed E-state index contributed by atoms with van der Waals surface area (Å²) in [6, 6.07) is 6.43. The number of aryl methyl sites for hydroxylation is 1. The zero-order valence-corrected chi connectivity index (χ0v) is 17.8. The zero-order chi connectivity index (χ0) is 20.7. The predicted molar refractivity (Wildman–Crippen MR) is 117 cm³/mol. The molecule has 0 bridgehead atoms. The van der Waals surface area contributed by atoms with Crippen LogP contribution in [-0.2, 0) is 12.8 Å². The van der Waals surface area contributed by atoms with Gasteiger partial charge in [0.25, 0.3) is 5.56 Å². The van der Waals surface area contributed by atoms with Crippen LogP contribution in [0.4, 0.5) is 4.39 Å². The zero-order valence-electron chi connectivity index (χ0n) is 16.9. The van der Waals surface area contributed by atoms with Gasteiger partial charge >= 0.3 is 0 Å². The molecule has 5 nitrogen and oxygen atoms in total. The van der Waals surface area contributed by atoms with Crippen LogP contribution < -0.4 is 5.56 Å². The van der Waals surface area contributed by atoms with E-state index in [1.54, 1.807) is 28.1 Å². The molecule has 0 saturated carbocycles. The van der Waals surface area contributed by atoms with Gasteiger partial charge in [0.1, 0.15) is 11.4 Å². The van der Waals surface area contributed by atoms with Gasteiger partial charge in [0.15, 0.2) is 4.96 Å². The minimum atomic E-state index is -0.264. The van der Waals surface area contributed by atoms with Gasteiger partial charge in [-0.15, -0.1) is 11.3 Å². The maximum atomic E-state index is 13.4. The summed E-state index contributed by atoms with van der Waals surface area (Å²) >= 11 is 1.54. The van der Waals surface area contributed by atoms with Crippen molar-refractivity contribution in [3.63, 3.8) is 0 Å². The van der Waals surface area contributed by atoms with E-state index >= 15 is 0 Å². The van der Waals surface area contributed by atoms with Gasteiger partial charge in [-0.25, -0.2) is 9.37 Å². The van der Waals surface area contributed by atoms with Crippen LogP contribution in [0, 0.1) is 5.82 Å². The van der Waals surface area contributed by atoms with E-state index in [2.05, 4.69) is 15.3 Å².